The summed E-state index contributed by atoms with van der Waals surface area (Å²) in [6.07, 6.45) is 1.26. The monoisotopic (exact) mass is 338 g/mol. The van der Waals surface area contributed by atoms with Gasteiger partial charge < -0.3 is 25.2 Å². The van der Waals surface area contributed by atoms with Crippen molar-refractivity contribution in [2.75, 3.05) is 20.8 Å². The number of carboxylic acid groups (broad SMARTS) is 1. The van der Waals surface area contributed by atoms with Crippen molar-refractivity contribution in [2.24, 2.45) is 5.92 Å². The molecule has 0 radical (unpaired) electrons. The quantitative estimate of drug-likeness (QED) is 0.640. The second kappa shape index (κ2) is 9.64. The van der Waals surface area contributed by atoms with E-state index in [2.05, 4.69) is 10.6 Å². The van der Waals surface area contributed by atoms with Gasteiger partial charge in [0.2, 0.25) is 0 Å². The summed E-state index contributed by atoms with van der Waals surface area (Å²) in [5.41, 5.74) is 0.977. The number of carbonyl (C=O) groups excluding carboxylic acids is 1. The van der Waals surface area contributed by atoms with Gasteiger partial charge in [-0.3, -0.25) is 0 Å². The van der Waals surface area contributed by atoms with Gasteiger partial charge in [0.1, 0.15) is 6.04 Å². The Bertz CT molecular complexity index is 562. The number of methoxy groups -OCH3 is 2. The largest absolute Gasteiger partial charge is 0.493 e. The lowest BCUT2D eigenvalue weighted by Gasteiger charge is -2.20. The highest BCUT2D eigenvalue weighted by atomic mass is 16.5. The lowest BCUT2D eigenvalue weighted by Crippen LogP contribution is -2.49. The van der Waals surface area contributed by atoms with Gasteiger partial charge in [-0.25, -0.2) is 9.59 Å². The van der Waals surface area contributed by atoms with E-state index in [-0.39, 0.29) is 5.92 Å². The van der Waals surface area contributed by atoms with Gasteiger partial charge in [-0.2, -0.15) is 0 Å². The average molecular weight is 338 g/mol. The van der Waals surface area contributed by atoms with E-state index in [1.54, 1.807) is 27.2 Å². The molecular weight excluding hydrogens is 312 g/mol. The fraction of sp³-hybridized carbons (Fsp3) is 0.529. The van der Waals surface area contributed by atoms with Crippen molar-refractivity contribution in [3.63, 3.8) is 0 Å². The molecule has 0 unspecified atom stereocenters. The summed E-state index contributed by atoms with van der Waals surface area (Å²) in [6, 6.07) is 4.16. The first-order chi connectivity index (χ1) is 11.4. The van der Waals surface area contributed by atoms with E-state index in [0.29, 0.717) is 30.9 Å². The maximum atomic E-state index is 11.9. The minimum absolute atomic E-state index is 0.140. The number of carboxylic acids is 1. The third-order valence-electron chi connectivity index (χ3n) is 3.91. The number of ether oxygens (including phenoxy) is 2. The standard InChI is InChI=1S/C17H26N2O5/c1-5-11(2)15(16(20)21)19-17(22)18-9-8-12-6-7-13(23-3)14(10-12)24-4/h6-7,10-11,15H,5,8-9H2,1-4H3,(H,20,21)(H2,18,19,22)/t11-,15-/m0/s1. The first kappa shape index (κ1) is 19.6. The Balaban J connectivity index is 2.52. The van der Waals surface area contributed by atoms with Gasteiger partial charge in [0, 0.05) is 6.54 Å². The fourth-order valence-corrected chi connectivity index (χ4v) is 2.23. The maximum Gasteiger partial charge on any atom is 0.326 e. The summed E-state index contributed by atoms with van der Waals surface area (Å²) in [7, 11) is 3.13. The summed E-state index contributed by atoms with van der Waals surface area (Å²) < 4.78 is 10.4. The Hall–Kier alpha value is -2.44. The lowest BCUT2D eigenvalue weighted by molar-refractivity contribution is -0.140. The molecule has 134 valence electrons. The molecule has 0 aliphatic heterocycles. The summed E-state index contributed by atoms with van der Waals surface area (Å²) >= 11 is 0. The zero-order valence-electron chi connectivity index (χ0n) is 14.6. The summed E-state index contributed by atoms with van der Waals surface area (Å²) in [4.78, 5) is 23.1. The predicted molar refractivity (Wildman–Crippen MR) is 90.7 cm³/mol. The van der Waals surface area contributed by atoms with Crippen LogP contribution in [0.1, 0.15) is 25.8 Å². The van der Waals surface area contributed by atoms with Crippen LogP contribution in [-0.4, -0.2) is 43.9 Å². The van der Waals surface area contributed by atoms with E-state index in [0.717, 1.165) is 5.56 Å². The Morgan fingerprint density at radius 2 is 1.88 bits per heavy atom. The molecule has 0 saturated heterocycles. The molecule has 0 saturated carbocycles. The van der Waals surface area contributed by atoms with E-state index in [1.807, 2.05) is 19.1 Å². The van der Waals surface area contributed by atoms with E-state index >= 15 is 0 Å². The van der Waals surface area contributed by atoms with Crippen molar-refractivity contribution in [3.05, 3.63) is 23.8 Å². The van der Waals surface area contributed by atoms with Crippen molar-refractivity contribution in [2.45, 2.75) is 32.7 Å². The van der Waals surface area contributed by atoms with Crippen molar-refractivity contribution in [1.82, 2.24) is 10.6 Å². The average Bonchev–Trinajstić information content (AvgIpc) is 2.58. The Labute approximate surface area is 142 Å². The lowest BCUT2D eigenvalue weighted by atomic mass is 9.99. The Morgan fingerprint density at radius 3 is 2.42 bits per heavy atom. The van der Waals surface area contributed by atoms with Crippen LogP contribution in [0.3, 0.4) is 0 Å². The molecule has 0 heterocycles. The molecule has 24 heavy (non-hydrogen) atoms. The zero-order chi connectivity index (χ0) is 18.1. The first-order valence-electron chi connectivity index (χ1n) is 7.91. The molecule has 0 aliphatic rings. The maximum absolute atomic E-state index is 11.9. The normalized spacial score (nSPS) is 12.8. The molecule has 1 aromatic carbocycles. The highest BCUT2D eigenvalue weighted by Crippen LogP contribution is 2.27. The van der Waals surface area contributed by atoms with Crippen LogP contribution >= 0.6 is 0 Å². The number of nitrogens with one attached hydrogen (secondary N) is 2. The third-order valence-corrected chi connectivity index (χ3v) is 3.91. The van der Waals surface area contributed by atoms with Crippen LogP contribution < -0.4 is 20.1 Å². The number of aliphatic carboxylic acids is 1. The van der Waals surface area contributed by atoms with Crippen molar-refractivity contribution < 1.29 is 24.2 Å². The van der Waals surface area contributed by atoms with Crippen LogP contribution in [0.4, 0.5) is 4.79 Å². The number of hydrogen-bond acceptors (Lipinski definition) is 4. The molecule has 0 aromatic heterocycles. The second-order valence-corrected chi connectivity index (χ2v) is 5.54. The van der Waals surface area contributed by atoms with Crippen LogP contribution in [-0.2, 0) is 11.2 Å². The molecular formula is C17H26N2O5. The van der Waals surface area contributed by atoms with Crippen LogP contribution in [0.15, 0.2) is 18.2 Å². The van der Waals surface area contributed by atoms with E-state index in [1.165, 1.54) is 0 Å². The molecule has 1 aromatic rings. The Morgan fingerprint density at radius 1 is 1.21 bits per heavy atom. The van der Waals surface area contributed by atoms with Gasteiger partial charge in [0.15, 0.2) is 11.5 Å². The summed E-state index contributed by atoms with van der Waals surface area (Å²) in [5, 5.41) is 14.3. The smallest absolute Gasteiger partial charge is 0.326 e. The van der Waals surface area contributed by atoms with Crippen molar-refractivity contribution >= 4 is 12.0 Å². The molecule has 2 atom stereocenters. The minimum atomic E-state index is -1.03. The van der Waals surface area contributed by atoms with E-state index < -0.39 is 18.0 Å². The number of rotatable bonds is 9. The summed E-state index contributed by atoms with van der Waals surface area (Å²) in [6.45, 7) is 4.06. The van der Waals surface area contributed by atoms with Gasteiger partial charge in [0.05, 0.1) is 14.2 Å². The van der Waals surface area contributed by atoms with Crippen LogP contribution in [0.25, 0.3) is 0 Å². The Kier molecular flexibility index (Phi) is 7.88. The second-order valence-electron chi connectivity index (χ2n) is 5.54. The highest BCUT2D eigenvalue weighted by Gasteiger charge is 2.24. The van der Waals surface area contributed by atoms with Gasteiger partial charge in [-0.05, 0) is 30.0 Å². The van der Waals surface area contributed by atoms with E-state index in [9.17, 15) is 9.59 Å². The number of hydrogen-bond donors (Lipinski definition) is 3. The molecule has 0 bridgehead atoms. The van der Waals surface area contributed by atoms with E-state index in [4.69, 9.17) is 14.6 Å². The van der Waals surface area contributed by atoms with Crippen LogP contribution in [0.5, 0.6) is 11.5 Å². The van der Waals surface area contributed by atoms with Crippen LogP contribution in [0.2, 0.25) is 0 Å². The van der Waals surface area contributed by atoms with Crippen molar-refractivity contribution in [1.29, 1.82) is 0 Å². The predicted octanol–water partition coefficient (Wildman–Crippen LogP) is 2.04. The topological polar surface area (TPSA) is 96.9 Å². The molecule has 3 N–H and O–H groups in total. The summed E-state index contributed by atoms with van der Waals surface area (Å²) in [5.74, 6) is 0.102. The molecule has 7 heteroatoms. The van der Waals surface area contributed by atoms with Gasteiger partial charge >= 0.3 is 12.0 Å². The highest BCUT2D eigenvalue weighted by molar-refractivity contribution is 5.82. The number of urea groups is 1. The number of amides is 2. The van der Waals surface area contributed by atoms with Crippen molar-refractivity contribution in [3.8, 4) is 11.5 Å². The number of benzene rings is 1. The minimum Gasteiger partial charge on any atom is -0.493 e. The molecule has 0 fully saturated rings. The third kappa shape index (κ3) is 5.64. The SMILES string of the molecule is CC[C@H](C)[C@H](NC(=O)NCCc1ccc(OC)c(OC)c1)C(=O)O. The van der Waals surface area contributed by atoms with Gasteiger partial charge in [-0.1, -0.05) is 26.3 Å². The fourth-order valence-electron chi connectivity index (χ4n) is 2.23. The zero-order valence-corrected chi connectivity index (χ0v) is 14.6. The number of carbonyl (C=O) groups is 2. The molecule has 0 aliphatic carbocycles. The molecule has 7 nitrogen and oxygen atoms in total. The van der Waals surface area contributed by atoms with Gasteiger partial charge in [0.25, 0.3) is 0 Å². The first-order valence-corrected chi connectivity index (χ1v) is 7.91. The molecule has 1 rings (SSSR count). The van der Waals surface area contributed by atoms with Crippen LogP contribution in [0, 0.1) is 5.92 Å². The molecule has 2 amide bonds. The molecule has 0 spiro atoms. The van der Waals surface area contributed by atoms with Gasteiger partial charge in [-0.15, -0.1) is 0 Å².